The van der Waals surface area contributed by atoms with Crippen LogP contribution in [0.5, 0.6) is 0 Å². The number of carbonyl (C=O) groups is 3. The van der Waals surface area contributed by atoms with Crippen LogP contribution in [0.15, 0.2) is 0 Å². The lowest BCUT2D eigenvalue weighted by atomic mass is 10.0. The van der Waals surface area contributed by atoms with Crippen molar-refractivity contribution < 1.29 is 24.2 Å². The summed E-state index contributed by atoms with van der Waals surface area (Å²) >= 11 is 0. The van der Waals surface area contributed by atoms with Crippen LogP contribution in [-0.2, 0) is 14.3 Å². The van der Waals surface area contributed by atoms with E-state index in [0.717, 1.165) is 0 Å². The van der Waals surface area contributed by atoms with Crippen LogP contribution in [0, 0.1) is 0 Å². The van der Waals surface area contributed by atoms with Gasteiger partial charge < -0.3 is 20.0 Å². The van der Waals surface area contributed by atoms with Gasteiger partial charge in [-0.2, -0.15) is 0 Å². The lowest BCUT2D eigenvalue weighted by molar-refractivity contribution is -0.145. The average Bonchev–Trinajstić information content (AvgIpc) is 2.34. The molecular formula is C14H24N2O5. The van der Waals surface area contributed by atoms with Gasteiger partial charge in [-0.3, -0.25) is 9.69 Å². The summed E-state index contributed by atoms with van der Waals surface area (Å²) in [5, 5.41) is 11.9. The minimum atomic E-state index is -0.986. The molecule has 1 unspecified atom stereocenters. The normalized spacial score (nSPS) is 18.8. The molecule has 1 heterocycles. The highest BCUT2D eigenvalue weighted by Crippen LogP contribution is 2.16. The van der Waals surface area contributed by atoms with E-state index >= 15 is 0 Å². The minimum Gasteiger partial charge on any atom is -0.480 e. The summed E-state index contributed by atoms with van der Waals surface area (Å²) in [5.74, 6) is -0.986. The van der Waals surface area contributed by atoms with Gasteiger partial charge in [0.05, 0.1) is 0 Å². The molecule has 0 spiro atoms. The molecule has 0 bridgehead atoms. The molecule has 0 aliphatic carbocycles. The van der Waals surface area contributed by atoms with E-state index in [1.54, 1.807) is 25.7 Å². The summed E-state index contributed by atoms with van der Waals surface area (Å²) in [4.78, 5) is 35.1. The average molecular weight is 300 g/mol. The summed E-state index contributed by atoms with van der Waals surface area (Å²) in [7, 11) is 0. The van der Waals surface area contributed by atoms with Gasteiger partial charge in [0.1, 0.15) is 17.9 Å². The van der Waals surface area contributed by atoms with Gasteiger partial charge in [-0.25, -0.2) is 4.79 Å². The quantitative estimate of drug-likeness (QED) is 0.736. The van der Waals surface area contributed by atoms with Gasteiger partial charge in [0.2, 0.25) is 0 Å². The molecule has 1 aliphatic heterocycles. The van der Waals surface area contributed by atoms with Crippen LogP contribution in [0.25, 0.3) is 0 Å². The van der Waals surface area contributed by atoms with Crippen molar-refractivity contribution in [2.75, 3.05) is 13.1 Å². The molecule has 0 radical (unpaired) electrons. The molecule has 0 aromatic heterocycles. The molecule has 1 fully saturated rings. The van der Waals surface area contributed by atoms with Gasteiger partial charge in [-0.15, -0.1) is 0 Å². The van der Waals surface area contributed by atoms with Crippen molar-refractivity contribution in [3.05, 3.63) is 0 Å². The number of alkyl carbamates (subject to hydrolysis) is 1. The molecule has 7 heteroatoms. The van der Waals surface area contributed by atoms with Gasteiger partial charge in [0, 0.05) is 25.6 Å². The molecular weight excluding hydrogens is 276 g/mol. The first-order valence-corrected chi connectivity index (χ1v) is 7.13. The number of hydrogen-bond donors (Lipinski definition) is 2. The fourth-order valence-corrected chi connectivity index (χ4v) is 2.33. The summed E-state index contributed by atoms with van der Waals surface area (Å²) < 4.78 is 5.19. The Balaban J connectivity index is 2.43. The molecule has 1 rings (SSSR count). The Labute approximate surface area is 124 Å². The number of aliphatic carboxylic acids is 1. The first-order valence-electron chi connectivity index (χ1n) is 7.13. The molecule has 1 atom stereocenters. The monoisotopic (exact) mass is 300 g/mol. The molecule has 0 aromatic carbocycles. The van der Waals surface area contributed by atoms with Crippen LogP contribution in [0.4, 0.5) is 4.79 Å². The Bertz CT molecular complexity index is 383. The number of ether oxygens (including phenoxy) is 1. The minimum absolute atomic E-state index is 0.0144. The molecule has 0 aromatic rings. The Kier molecular flexibility index (Phi) is 6.14. The summed E-state index contributed by atoms with van der Waals surface area (Å²) in [6.07, 6.45) is 1.44. The summed E-state index contributed by atoms with van der Waals surface area (Å²) in [6, 6.07) is -0.799. The Hall–Kier alpha value is -1.63. The van der Waals surface area contributed by atoms with Crippen molar-refractivity contribution in [3.63, 3.8) is 0 Å². The van der Waals surface area contributed by atoms with E-state index < -0.39 is 23.7 Å². The number of amides is 1. The van der Waals surface area contributed by atoms with Crippen molar-refractivity contribution in [3.8, 4) is 0 Å². The van der Waals surface area contributed by atoms with Crippen LogP contribution in [0.1, 0.15) is 40.0 Å². The third-order valence-corrected chi connectivity index (χ3v) is 3.30. The molecule has 1 aliphatic rings. The van der Waals surface area contributed by atoms with Crippen molar-refractivity contribution in [1.82, 2.24) is 10.2 Å². The second kappa shape index (κ2) is 7.40. The van der Waals surface area contributed by atoms with E-state index in [1.165, 1.54) is 0 Å². The van der Waals surface area contributed by atoms with Crippen molar-refractivity contribution in [1.29, 1.82) is 0 Å². The zero-order valence-electron chi connectivity index (χ0n) is 12.8. The SMILES string of the molecule is CC(C)(C)OC(=O)NC1CCN(C(CC=O)C(=O)O)CC1. The predicted molar refractivity (Wildman–Crippen MR) is 76.1 cm³/mol. The van der Waals surface area contributed by atoms with Gasteiger partial charge in [0.15, 0.2) is 0 Å². The van der Waals surface area contributed by atoms with Crippen molar-refractivity contribution in [2.45, 2.75) is 57.7 Å². The number of nitrogens with zero attached hydrogens (tertiary/aromatic N) is 1. The van der Waals surface area contributed by atoms with Crippen LogP contribution in [0.3, 0.4) is 0 Å². The topological polar surface area (TPSA) is 95.9 Å². The molecule has 2 N–H and O–H groups in total. The van der Waals surface area contributed by atoms with Crippen LogP contribution < -0.4 is 5.32 Å². The second-order valence-electron chi connectivity index (χ2n) is 6.21. The van der Waals surface area contributed by atoms with E-state index in [4.69, 9.17) is 9.84 Å². The third kappa shape index (κ3) is 6.12. The van der Waals surface area contributed by atoms with Gasteiger partial charge in [-0.1, -0.05) is 0 Å². The van der Waals surface area contributed by atoms with E-state index in [2.05, 4.69) is 5.32 Å². The lowest BCUT2D eigenvalue weighted by Gasteiger charge is -2.35. The number of rotatable bonds is 5. The number of nitrogens with one attached hydrogen (secondary N) is 1. The van der Waals surface area contributed by atoms with E-state index in [0.29, 0.717) is 32.2 Å². The zero-order chi connectivity index (χ0) is 16.0. The molecule has 120 valence electrons. The van der Waals surface area contributed by atoms with Gasteiger partial charge >= 0.3 is 12.1 Å². The molecule has 1 saturated heterocycles. The van der Waals surface area contributed by atoms with Gasteiger partial charge in [-0.05, 0) is 33.6 Å². The summed E-state index contributed by atoms with van der Waals surface area (Å²) in [6.45, 7) is 6.46. The Morgan fingerprint density at radius 2 is 1.95 bits per heavy atom. The highest BCUT2D eigenvalue weighted by Gasteiger charge is 2.30. The van der Waals surface area contributed by atoms with E-state index in [-0.39, 0.29) is 12.5 Å². The number of likely N-dealkylation sites (tertiary alicyclic amines) is 1. The van der Waals surface area contributed by atoms with Crippen molar-refractivity contribution in [2.24, 2.45) is 0 Å². The third-order valence-electron chi connectivity index (χ3n) is 3.30. The first-order chi connectivity index (χ1) is 9.73. The number of hydrogen-bond acceptors (Lipinski definition) is 5. The maximum atomic E-state index is 11.7. The van der Waals surface area contributed by atoms with Crippen molar-refractivity contribution >= 4 is 18.3 Å². The van der Waals surface area contributed by atoms with Crippen LogP contribution in [-0.4, -0.2) is 59.1 Å². The largest absolute Gasteiger partial charge is 0.480 e. The molecule has 7 nitrogen and oxygen atoms in total. The maximum absolute atomic E-state index is 11.7. The molecule has 1 amide bonds. The molecule has 21 heavy (non-hydrogen) atoms. The lowest BCUT2D eigenvalue weighted by Crippen LogP contribution is -2.51. The second-order valence-corrected chi connectivity index (χ2v) is 6.21. The van der Waals surface area contributed by atoms with Gasteiger partial charge in [0.25, 0.3) is 0 Å². The standard InChI is InChI=1S/C14H24N2O5/c1-14(2,3)21-13(20)15-10-4-7-16(8-5-10)11(6-9-17)12(18)19/h9-11H,4-8H2,1-3H3,(H,15,20)(H,18,19). The number of piperidine rings is 1. The predicted octanol–water partition coefficient (Wildman–Crippen LogP) is 1.02. The fraction of sp³-hybridized carbons (Fsp3) is 0.786. The van der Waals surface area contributed by atoms with Crippen LogP contribution >= 0.6 is 0 Å². The maximum Gasteiger partial charge on any atom is 0.407 e. The number of carboxylic acid groups (broad SMARTS) is 1. The van der Waals surface area contributed by atoms with E-state index in [9.17, 15) is 14.4 Å². The number of carboxylic acids is 1. The number of carbonyl (C=O) groups excluding carboxylic acids is 2. The summed E-state index contributed by atoms with van der Waals surface area (Å²) in [5.41, 5.74) is -0.539. The zero-order valence-corrected chi connectivity index (χ0v) is 12.8. The highest BCUT2D eigenvalue weighted by atomic mass is 16.6. The molecule has 0 saturated carbocycles. The first kappa shape index (κ1) is 17.4. The Morgan fingerprint density at radius 3 is 2.38 bits per heavy atom. The highest BCUT2D eigenvalue weighted by molar-refractivity contribution is 5.77. The fourth-order valence-electron chi connectivity index (χ4n) is 2.33. The Morgan fingerprint density at radius 1 is 1.38 bits per heavy atom. The van der Waals surface area contributed by atoms with Crippen LogP contribution in [0.2, 0.25) is 0 Å². The number of aldehydes is 1. The van der Waals surface area contributed by atoms with E-state index in [1.807, 2.05) is 0 Å². The smallest absolute Gasteiger partial charge is 0.407 e.